The second-order valence-electron chi connectivity index (χ2n) is 5.02. The summed E-state index contributed by atoms with van der Waals surface area (Å²) >= 11 is 7.08. The Morgan fingerprint density at radius 3 is 2.73 bits per heavy atom. The zero-order chi connectivity index (χ0) is 18.4. The summed E-state index contributed by atoms with van der Waals surface area (Å²) in [5.74, 6) is 0.222. The van der Waals surface area contributed by atoms with Crippen LogP contribution in [0.4, 0.5) is 10.1 Å². The first-order chi connectivity index (χ1) is 12.6. The van der Waals surface area contributed by atoms with Crippen molar-refractivity contribution < 1.29 is 18.3 Å². The summed E-state index contributed by atoms with van der Waals surface area (Å²) in [6.07, 6.45) is 0. The predicted octanol–water partition coefficient (Wildman–Crippen LogP) is 4.17. The fraction of sp³-hybridized carbons (Fsp3) is 0.118. The molecule has 0 saturated carbocycles. The van der Waals surface area contributed by atoms with Gasteiger partial charge in [0.05, 0.1) is 10.8 Å². The van der Waals surface area contributed by atoms with Crippen LogP contribution in [0.1, 0.15) is 5.89 Å². The maximum atomic E-state index is 12.8. The van der Waals surface area contributed by atoms with Gasteiger partial charge in [-0.25, -0.2) is 4.39 Å². The molecule has 0 fully saturated rings. The number of halogens is 2. The molecule has 0 aliphatic heterocycles. The maximum absolute atomic E-state index is 12.8. The summed E-state index contributed by atoms with van der Waals surface area (Å²) in [5.41, 5.74) is 0.511. The molecule has 2 aromatic carbocycles. The van der Waals surface area contributed by atoms with E-state index in [9.17, 15) is 9.18 Å². The van der Waals surface area contributed by atoms with E-state index in [-0.39, 0.29) is 35.2 Å². The van der Waals surface area contributed by atoms with Gasteiger partial charge in [0.1, 0.15) is 11.6 Å². The van der Waals surface area contributed by atoms with Crippen LogP contribution in [0.2, 0.25) is 5.02 Å². The Kier molecular flexibility index (Phi) is 6.08. The number of benzene rings is 2. The summed E-state index contributed by atoms with van der Waals surface area (Å²) in [7, 11) is 0. The standard InChI is InChI=1S/C17H13ClFN3O3S/c18-13-3-1-2-4-14(13)24-9-16-21-22-17(25-16)26-10-15(23)20-12-7-5-11(19)6-8-12/h1-8H,9-10H2,(H,20,23). The molecule has 9 heteroatoms. The Morgan fingerprint density at radius 2 is 1.96 bits per heavy atom. The van der Waals surface area contributed by atoms with Gasteiger partial charge in [0.25, 0.3) is 11.1 Å². The van der Waals surface area contributed by atoms with Gasteiger partial charge in [-0.1, -0.05) is 35.5 Å². The highest BCUT2D eigenvalue weighted by Crippen LogP contribution is 2.24. The van der Waals surface area contributed by atoms with Gasteiger partial charge in [-0.3, -0.25) is 4.79 Å². The van der Waals surface area contributed by atoms with Gasteiger partial charge in [-0.15, -0.1) is 10.2 Å². The van der Waals surface area contributed by atoms with Gasteiger partial charge in [0.15, 0.2) is 6.61 Å². The van der Waals surface area contributed by atoms with Crippen LogP contribution >= 0.6 is 23.4 Å². The predicted molar refractivity (Wildman–Crippen MR) is 95.8 cm³/mol. The monoisotopic (exact) mass is 393 g/mol. The van der Waals surface area contributed by atoms with Crippen molar-refractivity contribution in [3.63, 3.8) is 0 Å². The average molecular weight is 394 g/mol. The van der Waals surface area contributed by atoms with Crippen molar-refractivity contribution in [2.45, 2.75) is 11.8 Å². The number of rotatable bonds is 7. The Hall–Kier alpha value is -2.58. The van der Waals surface area contributed by atoms with Crippen LogP contribution in [0.5, 0.6) is 5.75 Å². The lowest BCUT2D eigenvalue weighted by atomic mass is 10.3. The number of hydrogen-bond acceptors (Lipinski definition) is 6. The Labute approximate surface area is 157 Å². The van der Waals surface area contributed by atoms with Gasteiger partial charge < -0.3 is 14.5 Å². The first-order valence-corrected chi connectivity index (χ1v) is 8.84. The minimum atomic E-state index is -0.366. The van der Waals surface area contributed by atoms with E-state index < -0.39 is 0 Å². The summed E-state index contributed by atoms with van der Waals surface area (Å²) in [6, 6.07) is 12.5. The molecule has 0 bridgehead atoms. The molecule has 3 aromatic rings. The fourth-order valence-corrected chi connectivity index (χ4v) is 2.68. The van der Waals surface area contributed by atoms with Crippen LogP contribution in [0, 0.1) is 5.82 Å². The third-order valence-electron chi connectivity index (χ3n) is 3.09. The van der Waals surface area contributed by atoms with E-state index in [4.69, 9.17) is 20.8 Å². The molecule has 0 saturated heterocycles. The number of anilines is 1. The number of nitrogens with zero attached hydrogens (tertiary/aromatic N) is 2. The van der Waals surface area contributed by atoms with Crippen molar-refractivity contribution >= 4 is 35.0 Å². The zero-order valence-corrected chi connectivity index (χ0v) is 14.9. The number of aromatic nitrogens is 2. The molecule has 134 valence electrons. The Balaban J connectivity index is 1.46. The highest BCUT2D eigenvalue weighted by Gasteiger charge is 2.11. The quantitative estimate of drug-likeness (QED) is 0.607. The van der Waals surface area contributed by atoms with Crippen LogP contribution in [-0.2, 0) is 11.4 Å². The number of amides is 1. The van der Waals surface area contributed by atoms with E-state index in [2.05, 4.69) is 15.5 Å². The van der Waals surface area contributed by atoms with Gasteiger partial charge >= 0.3 is 0 Å². The van der Waals surface area contributed by atoms with Gasteiger partial charge in [0.2, 0.25) is 5.91 Å². The number of carbonyl (C=O) groups is 1. The summed E-state index contributed by atoms with van der Waals surface area (Å²) in [4.78, 5) is 11.9. The molecular formula is C17H13ClFN3O3S. The Morgan fingerprint density at radius 1 is 1.19 bits per heavy atom. The van der Waals surface area contributed by atoms with Crippen molar-refractivity contribution in [3.05, 3.63) is 65.3 Å². The van der Waals surface area contributed by atoms with Crippen molar-refractivity contribution in [1.82, 2.24) is 10.2 Å². The second-order valence-corrected chi connectivity index (χ2v) is 6.36. The topological polar surface area (TPSA) is 77.2 Å². The lowest BCUT2D eigenvalue weighted by Gasteiger charge is -2.04. The SMILES string of the molecule is O=C(CSc1nnc(COc2ccccc2Cl)o1)Nc1ccc(F)cc1. The van der Waals surface area contributed by atoms with Crippen molar-refractivity contribution in [3.8, 4) is 5.75 Å². The number of ether oxygens (including phenoxy) is 1. The normalized spacial score (nSPS) is 10.5. The first-order valence-electron chi connectivity index (χ1n) is 7.48. The summed E-state index contributed by atoms with van der Waals surface area (Å²) < 4.78 is 23.7. The number of hydrogen-bond donors (Lipinski definition) is 1. The minimum Gasteiger partial charge on any atom is -0.482 e. The molecule has 1 N–H and O–H groups in total. The van der Waals surface area contributed by atoms with E-state index in [1.54, 1.807) is 24.3 Å². The molecule has 6 nitrogen and oxygen atoms in total. The smallest absolute Gasteiger partial charge is 0.277 e. The van der Waals surface area contributed by atoms with E-state index in [1.807, 2.05) is 0 Å². The van der Waals surface area contributed by atoms with Crippen molar-refractivity contribution in [2.75, 3.05) is 11.1 Å². The van der Waals surface area contributed by atoms with Gasteiger partial charge in [0, 0.05) is 5.69 Å². The minimum absolute atomic E-state index is 0.0685. The largest absolute Gasteiger partial charge is 0.482 e. The van der Waals surface area contributed by atoms with E-state index >= 15 is 0 Å². The first kappa shape index (κ1) is 18.2. The Bertz CT molecular complexity index is 889. The molecule has 3 rings (SSSR count). The molecule has 0 atom stereocenters. The number of nitrogens with one attached hydrogen (secondary N) is 1. The molecule has 0 unspecified atom stereocenters. The van der Waals surface area contributed by atoms with Crippen LogP contribution in [0.3, 0.4) is 0 Å². The van der Waals surface area contributed by atoms with Crippen molar-refractivity contribution in [2.24, 2.45) is 0 Å². The molecule has 1 heterocycles. The number of para-hydroxylation sites is 1. The van der Waals surface area contributed by atoms with Crippen LogP contribution in [0.25, 0.3) is 0 Å². The highest BCUT2D eigenvalue weighted by molar-refractivity contribution is 7.99. The highest BCUT2D eigenvalue weighted by atomic mass is 35.5. The molecule has 0 spiro atoms. The van der Waals surface area contributed by atoms with Crippen molar-refractivity contribution in [1.29, 1.82) is 0 Å². The van der Waals surface area contributed by atoms with Crippen LogP contribution < -0.4 is 10.1 Å². The molecule has 0 aliphatic rings. The summed E-state index contributed by atoms with van der Waals surface area (Å²) in [6.45, 7) is 0.0685. The summed E-state index contributed by atoms with van der Waals surface area (Å²) in [5, 5.41) is 11.1. The third-order valence-corrected chi connectivity index (χ3v) is 4.22. The zero-order valence-electron chi connectivity index (χ0n) is 13.3. The van der Waals surface area contributed by atoms with Crippen LogP contribution in [-0.4, -0.2) is 21.9 Å². The molecule has 0 aliphatic carbocycles. The molecule has 0 radical (unpaired) electrons. The number of thioether (sulfide) groups is 1. The lowest BCUT2D eigenvalue weighted by Crippen LogP contribution is -2.13. The van der Waals surface area contributed by atoms with Gasteiger partial charge in [-0.05, 0) is 36.4 Å². The number of carbonyl (C=O) groups excluding carboxylic acids is 1. The second kappa shape index (κ2) is 8.68. The fourth-order valence-electron chi connectivity index (χ4n) is 1.91. The molecule has 1 amide bonds. The van der Waals surface area contributed by atoms with Gasteiger partial charge in [-0.2, -0.15) is 0 Å². The third kappa shape index (κ3) is 5.21. The molecular weight excluding hydrogens is 381 g/mol. The maximum Gasteiger partial charge on any atom is 0.277 e. The van der Waals surface area contributed by atoms with E-state index in [0.29, 0.717) is 16.5 Å². The van der Waals surface area contributed by atoms with E-state index in [0.717, 1.165) is 11.8 Å². The van der Waals surface area contributed by atoms with Crippen LogP contribution in [0.15, 0.2) is 58.2 Å². The van der Waals surface area contributed by atoms with E-state index in [1.165, 1.54) is 24.3 Å². The molecule has 1 aromatic heterocycles. The molecule has 26 heavy (non-hydrogen) atoms. The average Bonchev–Trinajstić information content (AvgIpc) is 3.09. The lowest BCUT2D eigenvalue weighted by molar-refractivity contribution is -0.113.